The van der Waals surface area contributed by atoms with E-state index in [4.69, 9.17) is 9.47 Å². The summed E-state index contributed by atoms with van der Waals surface area (Å²) in [4.78, 5) is 27.8. The molecule has 0 spiro atoms. The molecule has 0 aliphatic carbocycles. The van der Waals surface area contributed by atoms with E-state index in [1.54, 1.807) is 19.2 Å². The predicted molar refractivity (Wildman–Crippen MR) is 129 cm³/mol. The maximum absolute atomic E-state index is 13.0. The first-order chi connectivity index (χ1) is 16.5. The SMILES string of the molecule is CCOc1ccc(OCc2cccc(C(=O)Nc3cnn(C)c3C(=O)N3CCCCC3)c2)cc1. The van der Waals surface area contributed by atoms with Crippen LogP contribution in [0.25, 0.3) is 0 Å². The fourth-order valence-corrected chi connectivity index (χ4v) is 3.99. The summed E-state index contributed by atoms with van der Waals surface area (Å²) in [5.41, 5.74) is 2.15. The van der Waals surface area contributed by atoms with Gasteiger partial charge in [-0.1, -0.05) is 12.1 Å². The number of aromatic nitrogens is 2. The lowest BCUT2D eigenvalue weighted by Gasteiger charge is -2.27. The number of hydrogen-bond acceptors (Lipinski definition) is 5. The van der Waals surface area contributed by atoms with Crippen LogP contribution in [0.5, 0.6) is 11.5 Å². The number of rotatable bonds is 8. The van der Waals surface area contributed by atoms with Crippen LogP contribution in [0, 0.1) is 0 Å². The minimum atomic E-state index is -0.302. The third kappa shape index (κ3) is 5.57. The summed E-state index contributed by atoms with van der Waals surface area (Å²) >= 11 is 0. The molecule has 0 radical (unpaired) electrons. The molecule has 0 bridgehead atoms. The number of nitrogens with zero attached hydrogens (tertiary/aromatic N) is 3. The summed E-state index contributed by atoms with van der Waals surface area (Å²) in [5.74, 6) is 1.10. The van der Waals surface area contributed by atoms with Gasteiger partial charge in [-0.15, -0.1) is 0 Å². The second-order valence-electron chi connectivity index (χ2n) is 8.23. The summed E-state index contributed by atoms with van der Waals surface area (Å²) in [5, 5.41) is 7.07. The highest BCUT2D eigenvalue weighted by molar-refractivity contribution is 6.08. The lowest BCUT2D eigenvalue weighted by atomic mass is 10.1. The first-order valence-electron chi connectivity index (χ1n) is 11.6. The van der Waals surface area contributed by atoms with Gasteiger partial charge in [0.25, 0.3) is 11.8 Å². The molecule has 178 valence electrons. The third-order valence-corrected chi connectivity index (χ3v) is 5.76. The Kier molecular flexibility index (Phi) is 7.47. The molecule has 4 rings (SSSR count). The van der Waals surface area contributed by atoms with Crippen molar-refractivity contribution in [3.63, 3.8) is 0 Å². The number of carbonyl (C=O) groups excluding carboxylic acids is 2. The first-order valence-corrected chi connectivity index (χ1v) is 11.6. The Hall–Kier alpha value is -3.81. The van der Waals surface area contributed by atoms with Gasteiger partial charge in [-0.2, -0.15) is 5.10 Å². The van der Waals surface area contributed by atoms with Gasteiger partial charge in [0.2, 0.25) is 0 Å². The van der Waals surface area contributed by atoms with Gasteiger partial charge in [0, 0.05) is 25.7 Å². The lowest BCUT2D eigenvalue weighted by molar-refractivity contribution is 0.0714. The Labute approximate surface area is 199 Å². The van der Waals surface area contributed by atoms with Crippen molar-refractivity contribution < 1.29 is 19.1 Å². The Morgan fingerprint density at radius 3 is 2.41 bits per heavy atom. The van der Waals surface area contributed by atoms with E-state index in [0.717, 1.165) is 49.4 Å². The average molecular weight is 463 g/mol. The molecular formula is C26H30N4O4. The van der Waals surface area contributed by atoms with Gasteiger partial charge < -0.3 is 19.7 Å². The van der Waals surface area contributed by atoms with Gasteiger partial charge in [0.1, 0.15) is 23.8 Å². The van der Waals surface area contributed by atoms with Crippen LogP contribution in [0.3, 0.4) is 0 Å². The second kappa shape index (κ2) is 10.9. The molecule has 1 aromatic heterocycles. The highest BCUT2D eigenvalue weighted by Crippen LogP contribution is 2.21. The van der Waals surface area contributed by atoms with Crippen LogP contribution in [-0.2, 0) is 13.7 Å². The van der Waals surface area contributed by atoms with E-state index in [0.29, 0.717) is 30.2 Å². The zero-order chi connectivity index (χ0) is 23.9. The molecule has 1 N–H and O–H groups in total. The number of nitrogens with one attached hydrogen (secondary N) is 1. The number of piperidine rings is 1. The van der Waals surface area contributed by atoms with Crippen molar-refractivity contribution in [2.24, 2.45) is 7.05 Å². The summed E-state index contributed by atoms with van der Waals surface area (Å²) in [6, 6.07) is 14.7. The Morgan fingerprint density at radius 1 is 1.00 bits per heavy atom. The topological polar surface area (TPSA) is 85.7 Å². The zero-order valence-corrected chi connectivity index (χ0v) is 19.6. The molecule has 0 saturated carbocycles. The number of benzene rings is 2. The van der Waals surface area contributed by atoms with Crippen molar-refractivity contribution in [3.8, 4) is 11.5 Å². The molecular weight excluding hydrogens is 432 g/mol. The summed E-state index contributed by atoms with van der Waals surface area (Å²) in [6.07, 6.45) is 4.65. The minimum Gasteiger partial charge on any atom is -0.494 e. The number of anilines is 1. The monoisotopic (exact) mass is 462 g/mol. The Morgan fingerprint density at radius 2 is 1.71 bits per heavy atom. The maximum atomic E-state index is 13.0. The van der Waals surface area contributed by atoms with Gasteiger partial charge >= 0.3 is 0 Å². The summed E-state index contributed by atoms with van der Waals surface area (Å²) in [6.45, 7) is 4.33. The van der Waals surface area contributed by atoms with Gasteiger partial charge in [-0.05, 0) is 68.1 Å². The van der Waals surface area contributed by atoms with Crippen molar-refractivity contribution in [3.05, 3.63) is 71.5 Å². The molecule has 1 aliphatic heterocycles. The van der Waals surface area contributed by atoms with Crippen molar-refractivity contribution in [1.29, 1.82) is 0 Å². The molecule has 1 aliphatic rings. The van der Waals surface area contributed by atoms with Crippen molar-refractivity contribution in [2.75, 3.05) is 25.0 Å². The fourth-order valence-electron chi connectivity index (χ4n) is 3.99. The fraction of sp³-hybridized carbons (Fsp3) is 0.346. The Balaban J connectivity index is 1.41. The third-order valence-electron chi connectivity index (χ3n) is 5.76. The maximum Gasteiger partial charge on any atom is 0.274 e. The van der Waals surface area contributed by atoms with E-state index >= 15 is 0 Å². The van der Waals surface area contributed by atoms with Gasteiger partial charge in [0.05, 0.1) is 18.5 Å². The second-order valence-corrected chi connectivity index (χ2v) is 8.23. The number of amides is 2. The van der Waals surface area contributed by atoms with Crippen LogP contribution in [0.2, 0.25) is 0 Å². The predicted octanol–water partition coefficient (Wildman–Crippen LogP) is 4.28. The molecule has 34 heavy (non-hydrogen) atoms. The number of hydrogen-bond donors (Lipinski definition) is 1. The van der Waals surface area contributed by atoms with E-state index < -0.39 is 0 Å². The number of aryl methyl sites for hydroxylation is 1. The van der Waals surface area contributed by atoms with Crippen LogP contribution >= 0.6 is 0 Å². The number of likely N-dealkylation sites (tertiary alicyclic amines) is 1. The smallest absolute Gasteiger partial charge is 0.274 e. The highest BCUT2D eigenvalue weighted by atomic mass is 16.5. The van der Waals surface area contributed by atoms with Crippen LogP contribution in [0.4, 0.5) is 5.69 Å². The van der Waals surface area contributed by atoms with Crippen LogP contribution in [0.15, 0.2) is 54.7 Å². The van der Waals surface area contributed by atoms with Gasteiger partial charge in [-0.25, -0.2) is 0 Å². The van der Waals surface area contributed by atoms with Crippen LogP contribution in [-0.4, -0.2) is 46.2 Å². The molecule has 0 atom stereocenters. The lowest BCUT2D eigenvalue weighted by Crippen LogP contribution is -2.37. The van der Waals surface area contributed by atoms with Gasteiger partial charge in [0.15, 0.2) is 0 Å². The molecule has 2 heterocycles. The Bertz CT molecular complexity index is 1130. The largest absolute Gasteiger partial charge is 0.494 e. The number of ether oxygens (including phenoxy) is 2. The minimum absolute atomic E-state index is 0.104. The molecule has 2 amide bonds. The summed E-state index contributed by atoms with van der Waals surface area (Å²) < 4.78 is 12.8. The van der Waals surface area contributed by atoms with Gasteiger partial charge in [-0.3, -0.25) is 14.3 Å². The molecule has 8 heteroatoms. The molecule has 8 nitrogen and oxygen atoms in total. The zero-order valence-electron chi connectivity index (χ0n) is 19.6. The molecule has 1 fully saturated rings. The highest BCUT2D eigenvalue weighted by Gasteiger charge is 2.25. The quantitative estimate of drug-likeness (QED) is 0.540. The molecule has 2 aromatic carbocycles. The van der Waals surface area contributed by atoms with E-state index in [9.17, 15) is 9.59 Å². The van der Waals surface area contributed by atoms with Crippen molar-refractivity contribution in [1.82, 2.24) is 14.7 Å². The van der Waals surface area contributed by atoms with E-state index in [-0.39, 0.29) is 11.8 Å². The van der Waals surface area contributed by atoms with Crippen molar-refractivity contribution >= 4 is 17.5 Å². The van der Waals surface area contributed by atoms with Crippen molar-refractivity contribution in [2.45, 2.75) is 32.8 Å². The first kappa shape index (κ1) is 23.4. The van der Waals surface area contributed by atoms with Crippen LogP contribution in [0.1, 0.15) is 52.6 Å². The standard InChI is InChI=1S/C26H30N4O4/c1-3-33-21-10-12-22(13-11-21)34-18-19-8-7-9-20(16-19)25(31)28-23-17-27-29(2)24(23)26(32)30-14-5-4-6-15-30/h7-13,16-17H,3-6,14-15,18H2,1-2H3,(H,28,31). The van der Waals surface area contributed by atoms with E-state index in [2.05, 4.69) is 10.4 Å². The van der Waals surface area contributed by atoms with E-state index in [1.807, 2.05) is 48.2 Å². The molecule has 1 saturated heterocycles. The number of carbonyl (C=O) groups is 2. The molecule has 0 unspecified atom stereocenters. The average Bonchev–Trinajstić information content (AvgIpc) is 3.23. The summed E-state index contributed by atoms with van der Waals surface area (Å²) in [7, 11) is 1.71. The molecule has 3 aromatic rings. The van der Waals surface area contributed by atoms with Crippen LogP contribution < -0.4 is 14.8 Å². The van der Waals surface area contributed by atoms with E-state index in [1.165, 1.54) is 10.9 Å². The normalized spacial score (nSPS) is 13.4.